The fraction of sp³-hybridized carbons (Fsp3) is 0.0625. The van der Waals surface area contributed by atoms with Gasteiger partial charge in [0, 0.05) is 10.9 Å². The van der Waals surface area contributed by atoms with Gasteiger partial charge in [-0.3, -0.25) is 0 Å². The topological polar surface area (TPSA) is 15.8 Å². The van der Waals surface area contributed by atoms with E-state index in [0.717, 1.165) is 10.2 Å². The number of H-pyrrole nitrogens is 1. The lowest BCUT2D eigenvalue weighted by atomic mass is 10.0. The van der Waals surface area contributed by atoms with E-state index < -0.39 is 0 Å². The maximum atomic E-state index is 5.30. The Hall–Kier alpha value is -1.93. The molecule has 0 saturated heterocycles. The van der Waals surface area contributed by atoms with Crippen LogP contribution in [0.3, 0.4) is 0 Å². The number of hydrogen-bond donors (Lipinski definition) is 1. The fourth-order valence-corrected chi connectivity index (χ4v) is 2.40. The zero-order chi connectivity index (χ0) is 12.5. The minimum atomic E-state index is 0.768. The molecule has 2 aromatic carbocycles. The summed E-state index contributed by atoms with van der Waals surface area (Å²) in [6, 6.07) is 18.8. The van der Waals surface area contributed by atoms with E-state index in [4.69, 9.17) is 12.2 Å². The number of pyridine rings is 1. The first-order valence-corrected chi connectivity index (χ1v) is 6.34. The Balaban J connectivity index is 2.34. The Kier molecular flexibility index (Phi) is 2.73. The van der Waals surface area contributed by atoms with Crippen LogP contribution >= 0.6 is 12.2 Å². The summed E-state index contributed by atoms with van der Waals surface area (Å²) in [5.74, 6) is 0. The van der Waals surface area contributed by atoms with Crippen LogP contribution in [0.2, 0.25) is 0 Å². The van der Waals surface area contributed by atoms with E-state index in [1.54, 1.807) is 0 Å². The second-order valence-electron chi connectivity index (χ2n) is 4.46. The highest BCUT2D eigenvalue weighted by atomic mass is 32.1. The standard InChI is InChI=1S/C16H13NS/c1-11-6-8-12(9-7-11)14-10-16(18)17-15-5-3-2-4-13(14)15/h2-10H,1H3,(H,17,18). The molecule has 0 amide bonds. The molecule has 3 aromatic rings. The molecule has 1 heterocycles. The number of nitrogens with one attached hydrogen (secondary N) is 1. The molecule has 0 aliphatic rings. The number of aromatic nitrogens is 1. The monoisotopic (exact) mass is 251 g/mol. The third-order valence-corrected chi connectivity index (χ3v) is 3.33. The molecule has 0 aliphatic heterocycles. The van der Waals surface area contributed by atoms with Gasteiger partial charge in [0.2, 0.25) is 0 Å². The molecule has 1 N–H and O–H groups in total. The largest absolute Gasteiger partial charge is 0.346 e. The molecule has 1 nitrogen and oxygen atoms in total. The van der Waals surface area contributed by atoms with Crippen LogP contribution in [0.15, 0.2) is 54.6 Å². The molecule has 0 radical (unpaired) electrons. The Morgan fingerprint density at radius 1 is 0.944 bits per heavy atom. The zero-order valence-corrected chi connectivity index (χ0v) is 10.9. The van der Waals surface area contributed by atoms with Crippen LogP contribution in [0.25, 0.3) is 22.0 Å². The van der Waals surface area contributed by atoms with Gasteiger partial charge in [-0.15, -0.1) is 0 Å². The second kappa shape index (κ2) is 4.39. The van der Waals surface area contributed by atoms with Gasteiger partial charge in [0.1, 0.15) is 4.64 Å². The van der Waals surface area contributed by atoms with Crippen molar-refractivity contribution in [3.8, 4) is 11.1 Å². The number of fused-ring (bicyclic) bond motifs is 1. The average molecular weight is 251 g/mol. The number of aryl methyl sites for hydroxylation is 1. The van der Waals surface area contributed by atoms with E-state index in [1.807, 2.05) is 12.1 Å². The second-order valence-corrected chi connectivity index (χ2v) is 4.90. The third kappa shape index (κ3) is 1.95. The predicted octanol–water partition coefficient (Wildman–Crippen LogP) is 4.87. The SMILES string of the molecule is Cc1ccc(-c2cc(=S)[nH]c3ccccc23)cc1. The van der Waals surface area contributed by atoms with Crippen molar-refractivity contribution in [3.05, 3.63) is 64.8 Å². The van der Waals surface area contributed by atoms with E-state index in [2.05, 4.69) is 54.4 Å². The molecule has 0 unspecified atom stereocenters. The number of aromatic amines is 1. The highest BCUT2D eigenvalue weighted by Crippen LogP contribution is 2.27. The number of rotatable bonds is 1. The molecule has 0 saturated carbocycles. The smallest absolute Gasteiger partial charge is 0.104 e. The Morgan fingerprint density at radius 2 is 1.67 bits per heavy atom. The van der Waals surface area contributed by atoms with Gasteiger partial charge in [0.05, 0.1) is 0 Å². The predicted molar refractivity (Wildman–Crippen MR) is 79.3 cm³/mol. The lowest BCUT2D eigenvalue weighted by Gasteiger charge is -2.07. The van der Waals surface area contributed by atoms with Crippen LogP contribution in [-0.4, -0.2) is 4.98 Å². The van der Waals surface area contributed by atoms with E-state index in [1.165, 1.54) is 22.1 Å². The van der Waals surface area contributed by atoms with E-state index in [0.29, 0.717) is 0 Å². The van der Waals surface area contributed by atoms with Crippen molar-refractivity contribution in [2.75, 3.05) is 0 Å². The summed E-state index contributed by atoms with van der Waals surface area (Å²) in [5.41, 5.74) is 4.75. The summed E-state index contributed by atoms with van der Waals surface area (Å²) in [7, 11) is 0. The molecule has 0 spiro atoms. The normalized spacial score (nSPS) is 10.7. The summed E-state index contributed by atoms with van der Waals surface area (Å²) in [4.78, 5) is 3.23. The van der Waals surface area contributed by atoms with Gasteiger partial charge < -0.3 is 4.98 Å². The molecule has 0 fully saturated rings. The maximum absolute atomic E-state index is 5.30. The van der Waals surface area contributed by atoms with Gasteiger partial charge >= 0.3 is 0 Å². The van der Waals surface area contributed by atoms with E-state index in [-0.39, 0.29) is 0 Å². The van der Waals surface area contributed by atoms with Gasteiger partial charge in [-0.1, -0.05) is 60.2 Å². The molecule has 0 aliphatic carbocycles. The van der Waals surface area contributed by atoms with Crippen LogP contribution in [-0.2, 0) is 0 Å². The molecule has 88 valence electrons. The highest BCUT2D eigenvalue weighted by Gasteiger charge is 2.03. The van der Waals surface area contributed by atoms with Gasteiger partial charge in [0.25, 0.3) is 0 Å². The highest BCUT2D eigenvalue weighted by molar-refractivity contribution is 7.71. The number of hydrogen-bond acceptors (Lipinski definition) is 1. The number of benzene rings is 2. The van der Waals surface area contributed by atoms with Crippen molar-refractivity contribution >= 4 is 23.1 Å². The van der Waals surface area contributed by atoms with Gasteiger partial charge in [-0.25, -0.2) is 0 Å². The molecule has 2 heteroatoms. The van der Waals surface area contributed by atoms with Crippen molar-refractivity contribution in [3.63, 3.8) is 0 Å². The zero-order valence-electron chi connectivity index (χ0n) is 10.1. The first-order valence-electron chi connectivity index (χ1n) is 5.93. The summed E-state index contributed by atoms with van der Waals surface area (Å²) >= 11 is 5.30. The summed E-state index contributed by atoms with van der Waals surface area (Å²) < 4.78 is 0.768. The summed E-state index contributed by atoms with van der Waals surface area (Å²) in [6.07, 6.45) is 0. The van der Waals surface area contributed by atoms with Crippen molar-refractivity contribution in [2.24, 2.45) is 0 Å². The van der Waals surface area contributed by atoms with Crippen molar-refractivity contribution in [2.45, 2.75) is 6.92 Å². The van der Waals surface area contributed by atoms with Gasteiger partial charge in [-0.05, 0) is 30.2 Å². The summed E-state index contributed by atoms with van der Waals surface area (Å²) in [6.45, 7) is 2.10. The molecular formula is C16H13NS. The number of para-hydroxylation sites is 1. The van der Waals surface area contributed by atoms with E-state index in [9.17, 15) is 0 Å². The Bertz CT molecular complexity index is 754. The molecule has 0 bridgehead atoms. The van der Waals surface area contributed by atoms with Crippen LogP contribution in [0, 0.1) is 11.6 Å². The lowest BCUT2D eigenvalue weighted by molar-refractivity contribution is 1.37. The van der Waals surface area contributed by atoms with Gasteiger partial charge in [-0.2, -0.15) is 0 Å². The Morgan fingerprint density at radius 3 is 2.44 bits per heavy atom. The van der Waals surface area contributed by atoms with Crippen molar-refractivity contribution in [1.82, 2.24) is 4.98 Å². The third-order valence-electron chi connectivity index (χ3n) is 3.11. The molecule has 0 atom stereocenters. The minimum absolute atomic E-state index is 0.768. The van der Waals surface area contributed by atoms with Crippen LogP contribution in [0.1, 0.15) is 5.56 Å². The first-order chi connectivity index (χ1) is 8.74. The maximum Gasteiger partial charge on any atom is 0.104 e. The fourth-order valence-electron chi connectivity index (χ4n) is 2.18. The van der Waals surface area contributed by atoms with Crippen molar-refractivity contribution < 1.29 is 0 Å². The Labute approximate surface area is 111 Å². The lowest BCUT2D eigenvalue weighted by Crippen LogP contribution is -1.85. The minimum Gasteiger partial charge on any atom is -0.346 e. The van der Waals surface area contributed by atoms with Crippen LogP contribution in [0.5, 0.6) is 0 Å². The summed E-state index contributed by atoms with van der Waals surface area (Å²) in [5, 5.41) is 1.20. The average Bonchev–Trinajstić information content (AvgIpc) is 2.38. The molecular weight excluding hydrogens is 238 g/mol. The molecule has 3 rings (SSSR count). The molecule has 1 aromatic heterocycles. The molecule has 18 heavy (non-hydrogen) atoms. The van der Waals surface area contributed by atoms with Crippen LogP contribution in [0.4, 0.5) is 0 Å². The van der Waals surface area contributed by atoms with E-state index >= 15 is 0 Å². The van der Waals surface area contributed by atoms with Gasteiger partial charge in [0.15, 0.2) is 0 Å². The quantitative estimate of drug-likeness (QED) is 0.610. The first kappa shape index (κ1) is 11.2. The van der Waals surface area contributed by atoms with Crippen LogP contribution < -0.4 is 0 Å². The van der Waals surface area contributed by atoms with Crippen molar-refractivity contribution in [1.29, 1.82) is 0 Å².